The van der Waals surface area contributed by atoms with Gasteiger partial charge in [-0.15, -0.1) is 5.10 Å². The number of carbonyl (C=O) groups is 1. The highest BCUT2D eigenvalue weighted by Gasteiger charge is 2.07. The summed E-state index contributed by atoms with van der Waals surface area (Å²) in [5.41, 5.74) is 0.534. The van der Waals surface area contributed by atoms with Crippen LogP contribution >= 0.6 is 23.6 Å². The Morgan fingerprint density at radius 3 is 2.71 bits per heavy atom. The van der Waals surface area contributed by atoms with E-state index in [1.54, 1.807) is 31.4 Å². The van der Waals surface area contributed by atoms with Crippen LogP contribution in [0.5, 0.6) is 5.75 Å². The van der Waals surface area contributed by atoms with Crippen LogP contribution in [0.15, 0.2) is 24.3 Å². The van der Waals surface area contributed by atoms with Crippen LogP contribution in [0.1, 0.15) is 10.4 Å². The number of nitrogens with zero attached hydrogens (tertiary/aromatic N) is 1. The molecule has 0 saturated carbocycles. The molecule has 0 radical (unpaired) electrons. The number of aromatic nitrogens is 2. The van der Waals surface area contributed by atoms with Crippen LogP contribution in [0.2, 0.25) is 0 Å². The maximum absolute atomic E-state index is 11.8. The zero-order valence-corrected chi connectivity index (χ0v) is 10.5. The molecule has 5 nitrogen and oxygen atoms in total. The van der Waals surface area contributed by atoms with Gasteiger partial charge in [-0.25, -0.2) is 0 Å². The number of H-pyrrole nitrogens is 1. The quantitative estimate of drug-likeness (QED) is 0.838. The van der Waals surface area contributed by atoms with Gasteiger partial charge in [0.15, 0.2) is 3.95 Å². The van der Waals surface area contributed by atoms with E-state index in [9.17, 15) is 4.79 Å². The Kier molecular flexibility index (Phi) is 3.50. The van der Waals surface area contributed by atoms with E-state index in [-0.39, 0.29) is 5.91 Å². The maximum atomic E-state index is 11.8. The molecular weight excluding hydrogens is 258 g/mol. The Hall–Kier alpha value is -1.73. The molecule has 0 spiro atoms. The molecule has 0 bridgehead atoms. The second-order valence-electron chi connectivity index (χ2n) is 3.10. The topological polar surface area (TPSA) is 67.0 Å². The Labute approximate surface area is 106 Å². The first-order valence-electron chi connectivity index (χ1n) is 4.70. The van der Waals surface area contributed by atoms with E-state index >= 15 is 0 Å². The van der Waals surface area contributed by atoms with Crippen molar-refractivity contribution in [1.29, 1.82) is 0 Å². The number of ether oxygens (including phenoxy) is 1. The van der Waals surface area contributed by atoms with Gasteiger partial charge in [-0.05, 0) is 36.5 Å². The minimum Gasteiger partial charge on any atom is -0.497 e. The minimum atomic E-state index is -0.231. The van der Waals surface area contributed by atoms with Gasteiger partial charge >= 0.3 is 0 Å². The van der Waals surface area contributed by atoms with Gasteiger partial charge in [-0.2, -0.15) is 0 Å². The molecule has 2 aromatic rings. The van der Waals surface area contributed by atoms with E-state index in [4.69, 9.17) is 17.0 Å². The van der Waals surface area contributed by atoms with E-state index in [1.165, 1.54) is 11.3 Å². The van der Waals surface area contributed by atoms with Crippen LogP contribution in [0.4, 0.5) is 5.13 Å². The van der Waals surface area contributed by atoms with E-state index in [0.717, 1.165) is 0 Å². The molecule has 1 aromatic carbocycles. The predicted octanol–water partition coefficient (Wildman–Crippen LogP) is 2.46. The predicted molar refractivity (Wildman–Crippen MR) is 68.2 cm³/mol. The Morgan fingerprint density at radius 1 is 1.47 bits per heavy atom. The standard InChI is InChI=1S/C10H9N3O2S2/c1-15-7-4-2-6(3-5-7)8(14)11-9-12-13-10(16)17-9/h2-5H,1H3,(H,13,16)(H,11,12,14). The second kappa shape index (κ2) is 5.07. The van der Waals surface area contributed by atoms with Crippen LogP contribution < -0.4 is 10.1 Å². The van der Waals surface area contributed by atoms with Crippen LogP contribution in [-0.2, 0) is 0 Å². The average Bonchev–Trinajstić information content (AvgIpc) is 2.75. The SMILES string of the molecule is COc1ccc(C(=O)Nc2n[nH]c(=S)s2)cc1. The lowest BCUT2D eigenvalue weighted by Crippen LogP contribution is -2.11. The first kappa shape index (κ1) is 11.7. The summed E-state index contributed by atoms with van der Waals surface area (Å²) in [5.74, 6) is 0.474. The van der Waals surface area contributed by atoms with Crippen LogP contribution in [0.25, 0.3) is 0 Å². The number of rotatable bonds is 3. The van der Waals surface area contributed by atoms with Crippen molar-refractivity contribution in [3.8, 4) is 5.75 Å². The lowest BCUT2D eigenvalue weighted by atomic mass is 10.2. The van der Waals surface area contributed by atoms with Gasteiger partial charge in [0, 0.05) is 5.56 Å². The number of amides is 1. The maximum Gasteiger partial charge on any atom is 0.257 e. The van der Waals surface area contributed by atoms with E-state index in [0.29, 0.717) is 20.4 Å². The summed E-state index contributed by atoms with van der Waals surface area (Å²) in [5, 5.41) is 9.54. The molecule has 0 saturated heterocycles. The van der Waals surface area contributed by atoms with Crippen molar-refractivity contribution in [3.05, 3.63) is 33.8 Å². The zero-order chi connectivity index (χ0) is 12.3. The van der Waals surface area contributed by atoms with Crippen molar-refractivity contribution in [2.45, 2.75) is 0 Å². The monoisotopic (exact) mass is 267 g/mol. The smallest absolute Gasteiger partial charge is 0.257 e. The fourth-order valence-electron chi connectivity index (χ4n) is 1.20. The summed E-state index contributed by atoms with van der Waals surface area (Å²) >= 11 is 6.08. The second-order valence-corrected chi connectivity index (χ2v) is 4.77. The van der Waals surface area contributed by atoms with Gasteiger partial charge in [0.05, 0.1) is 7.11 Å². The van der Waals surface area contributed by atoms with Crippen molar-refractivity contribution < 1.29 is 9.53 Å². The summed E-state index contributed by atoms with van der Waals surface area (Å²) in [7, 11) is 1.57. The molecule has 1 amide bonds. The third-order valence-corrected chi connectivity index (χ3v) is 3.02. The molecule has 1 heterocycles. The number of hydrogen-bond donors (Lipinski definition) is 2. The largest absolute Gasteiger partial charge is 0.497 e. The summed E-state index contributed by atoms with van der Waals surface area (Å²) in [6.07, 6.45) is 0. The molecule has 0 aliphatic rings. The molecular formula is C10H9N3O2S2. The number of benzene rings is 1. The van der Waals surface area contributed by atoms with Gasteiger partial charge in [0.25, 0.3) is 5.91 Å². The average molecular weight is 267 g/mol. The zero-order valence-electron chi connectivity index (χ0n) is 8.89. The Balaban J connectivity index is 2.11. The Bertz CT molecular complexity index is 574. The molecule has 88 valence electrons. The minimum absolute atomic E-state index is 0.231. The van der Waals surface area contributed by atoms with E-state index < -0.39 is 0 Å². The fourth-order valence-corrected chi connectivity index (χ4v) is 1.98. The number of aromatic amines is 1. The van der Waals surface area contributed by atoms with Crippen LogP contribution in [0.3, 0.4) is 0 Å². The molecule has 1 aromatic heterocycles. The summed E-state index contributed by atoms with van der Waals surface area (Å²) in [6.45, 7) is 0. The molecule has 2 N–H and O–H groups in total. The molecule has 7 heteroatoms. The van der Waals surface area contributed by atoms with Crippen LogP contribution in [0, 0.1) is 3.95 Å². The van der Waals surface area contributed by atoms with E-state index in [2.05, 4.69) is 15.5 Å². The van der Waals surface area contributed by atoms with Gasteiger partial charge in [0.1, 0.15) is 5.75 Å². The van der Waals surface area contributed by atoms with Gasteiger partial charge < -0.3 is 4.74 Å². The fraction of sp³-hybridized carbons (Fsp3) is 0.100. The highest BCUT2D eigenvalue weighted by atomic mass is 32.1. The third kappa shape index (κ3) is 2.89. The highest BCUT2D eigenvalue weighted by molar-refractivity contribution is 7.73. The Morgan fingerprint density at radius 2 is 2.18 bits per heavy atom. The summed E-state index contributed by atoms with van der Waals surface area (Å²) in [6, 6.07) is 6.81. The van der Waals surface area contributed by atoms with Gasteiger partial charge in [-0.3, -0.25) is 15.2 Å². The van der Waals surface area contributed by atoms with Crippen molar-refractivity contribution in [3.63, 3.8) is 0 Å². The molecule has 17 heavy (non-hydrogen) atoms. The molecule has 0 fully saturated rings. The van der Waals surface area contributed by atoms with Gasteiger partial charge in [-0.1, -0.05) is 11.3 Å². The normalized spacial score (nSPS) is 9.94. The van der Waals surface area contributed by atoms with Crippen molar-refractivity contribution in [1.82, 2.24) is 10.2 Å². The number of methoxy groups -OCH3 is 1. The van der Waals surface area contributed by atoms with Crippen LogP contribution in [-0.4, -0.2) is 23.2 Å². The number of carbonyl (C=O) groups excluding carboxylic acids is 1. The van der Waals surface area contributed by atoms with E-state index in [1.807, 2.05) is 0 Å². The molecule has 0 unspecified atom stereocenters. The van der Waals surface area contributed by atoms with Crippen molar-refractivity contribution >= 4 is 34.6 Å². The molecule has 0 atom stereocenters. The first-order valence-corrected chi connectivity index (χ1v) is 5.92. The molecule has 0 aliphatic carbocycles. The summed E-state index contributed by atoms with van der Waals surface area (Å²) in [4.78, 5) is 11.8. The number of hydrogen-bond acceptors (Lipinski definition) is 5. The summed E-state index contributed by atoms with van der Waals surface area (Å²) < 4.78 is 5.53. The number of anilines is 1. The van der Waals surface area contributed by atoms with Crippen molar-refractivity contribution in [2.24, 2.45) is 0 Å². The van der Waals surface area contributed by atoms with Gasteiger partial charge in [0.2, 0.25) is 5.13 Å². The first-order chi connectivity index (χ1) is 8.19. The molecule has 2 rings (SSSR count). The molecule has 0 aliphatic heterocycles. The van der Waals surface area contributed by atoms with Crippen molar-refractivity contribution in [2.75, 3.05) is 12.4 Å². The lowest BCUT2D eigenvalue weighted by molar-refractivity contribution is 0.102. The lowest BCUT2D eigenvalue weighted by Gasteiger charge is -2.02. The third-order valence-electron chi connectivity index (χ3n) is 2.01. The number of nitrogens with one attached hydrogen (secondary N) is 2. The highest BCUT2D eigenvalue weighted by Crippen LogP contribution is 2.15.